The molecule has 1 aromatic carbocycles. The lowest BCUT2D eigenvalue weighted by atomic mass is 10.1. The second kappa shape index (κ2) is 3.18. The molecule has 2 heteroatoms. The van der Waals surface area contributed by atoms with Crippen molar-refractivity contribution in [3.8, 4) is 5.75 Å². The fraction of sp³-hybridized carbons (Fsp3) is 0.333. The smallest absolute Gasteiger partial charge is 0.118 e. The summed E-state index contributed by atoms with van der Waals surface area (Å²) < 4.78 is 0. The van der Waals surface area contributed by atoms with Crippen LogP contribution < -0.4 is 0 Å². The number of aromatic hydroxyl groups is 1. The van der Waals surface area contributed by atoms with Gasteiger partial charge in [0.1, 0.15) is 5.75 Å². The van der Waals surface area contributed by atoms with Gasteiger partial charge in [0.15, 0.2) is 0 Å². The number of hydrogen-bond donors (Lipinski definition) is 1. The molecule has 0 aromatic heterocycles. The maximum absolute atomic E-state index is 9.31. The summed E-state index contributed by atoms with van der Waals surface area (Å²) in [6, 6.07) is 3.69. The van der Waals surface area contributed by atoms with Gasteiger partial charge in [-0.05, 0) is 43.4 Å². The van der Waals surface area contributed by atoms with Gasteiger partial charge in [-0.1, -0.05) is 0 Å². The summed E-state index contributed by atoms with van der Waals surface area (Å²) in [7, 11) is 0. The third-order valence-electron chi connectivity index (χ3n) is 1.93. The highest BCUT2D eigenvalue weighted by atomic mass is 32.2. The van der Waals surface area contributed by atoms with Crippen molar-refractivity contribution in [1.29, 1.82) is 0 Å². The van der Waals surface area contributed by atoms with Crippen LogP contribution in [0.5, 0.6) is 5.75 Å². The summed E-state index contributed by atoms with van der Waals surface area (Å²) in [5, 5.41) is 9.31. The Bertz CT molecular complexity index is 269. The molecule has 1 nitrogen and oxygen atoms in total. The van der Waals surface area contributed by atoms with Gasteiger partial charge in [0, 0.05) is 4.90 Å². The first-order valence-electron chi connectivity index (χ1n) is 3.50. The molecule has 0 aliphatic rings. The molecule has 0 radical (unpaired) electrons. The molecule has 0 spiro atoms. The molecule has 0 saturated carbocycles. The Morgan fingerprint density at radius 3 is 2.36 bits per heavy atom. The molecule has 0 saturated heterocycles. The first kappa shape index (κ1) is 8.47. The molecule has 11 heavy (non-hydrogen) atoms. The third kappa shape index (κ3) is 1.51. The van der Waals surface area contributed by atoms with E-state index in [0.717, 1.165) is 5.56 Å². The Labute approximate surface area is 71.4 Å². The minimum Gasteiger partial charge on any atom is -0.508 e. The molecular weight excluding hydrogens is 156 g/mol. The van der Waals surface area contributed by atoms with E-state index in [0.29, 0.717) is 5.75 Å². The lowest BCUT2D eigenvalue weighted by Crippen LogP contribution is -1.84. The minimum absolute atomic E-state index is 0.389. The number of phenolic OH excluding ortho intramolecular Hbond substituents is 1. The predicted octanol–water partition coefficient (Wildman–Crippen LogP) is 2.73. The van der Waals surface area contributed by atoms with E-state index in [1.807, 2.05) is 26.2 Å². The van der Waals surface area contributed by atoms with Gasteiger partial charge in [-0.25, -0.2) is 0 Å². The lowest BCUT2D eigenvalue weighted by molar-refractivity contribution is 0.470. The highest BCUT2D eigenvalue weighted by Crippen LogP contribution is 2.27. The van der Waals surface area contributed by atoms with Gasteiger partial charge >= 0.3 is 0 Å². The Morgan fingerprint density at radius 1 is 1.18 bits per heavy atom. The van der Waals surface area contributed by atoms with Crippen molar-refractivity contribution in [1.82, 2.24) is 0 Å². The highest BCUT2D eigenvalue weighted by molar-refractivity contribution is 7.98. The zero-order valence-corrected chi connectivity index (χ0v) is 7.83. The van der Waals surface area contributed by atoms with Gasteiger partial charge in [0.2, 0.25) is 0 Å². The summed E-state index contributed by atoms with van der Waals surface area (Å²) >= 11 is 1.71. The van der Waals surface area contributed by atoms with Crippen molar-refractivity contribution in [3.63, 3.8) is 0 Å². The van der Waals surface area contributed by atoms with Crippen LogP contribution >= 0.6 is 11.8 Å². The van der Waals surface area contributed by atoms with E-state index < -0.39 is 0 Å². The Balaban J connectivity index is 3.25. The Kier molecular flexibility index (Phi) is 2.45. The van der Waals surface area contributed by atoms with Gasteiger partial charge in [-0.2, -0.15) is 0 Å². The van der Waals surface area contributed by atoms with Crippen LogP contribution in [0.4, 0.5) is 0 Å². The van der Waals surface area contributed by atoms with Crippen LogP contribution in [0, 0.1) is 13.8 Å². The second-order valence-electron chi connectivity index (χ2n) is 2.54. The van der Waals surface area contributed by atoms with Crippen LogP contribution in [0.15, 0.2) is 17.0 Å². The average Bonchev–Trinajstić information content (AvgIpc) is 2.01. The topological polar surface area (TPSA) is 20.2 Å². The normalized spacial score (nSPS) is 10.1. The molecule has 0 bridgehead atoms. The zero-order chi connectivity index (χ0) is 8.43. The van der Waals surface area contributed by atoms with Gasteiger partial charge in [-0.15, -0.1) is 11.8 Å². The minimum atomic E-state index is 0.389. The molecule has 0 fully saturated rings. The largest absolute Gasteiger partial charge is 0.508 e. The number of benzene rings is 1. The molecule has 60 valence electrons. The van der Waals surface area contributed by atoms with Gasteiger partial charge in [-0.3, -0.25) is 0 Å². The van der Waals surface area contributed by atoms with Crippen molar-refractivity contribution in [2.75, 3.05) is 6.26 Å². The number of rotatable bonds is 1. The van der Waals surface area contributed by atoms with Crippen molar-refractivity contribution >= 4 is 11.8 Å². The number of thioether (sulfide) groups is 1. The van der Waals surface area contributed by atoms with Crippen LogP contribution in [0.2, 0.25) is 0 Å². The van der Waals surface area contributed by atoms with Gasteiger partial charge in [0.25, 0.3) is 0 Å². The quantitative estimate of drug-likeness (QED) is 0.651. The Hall–Kier alpha value is -0.630. The van der Waals surface area contributed by atoms with Crippen molar-refractivity contribution in [3.05, 3.63) is 23.3 Å². The molecular formula is C9H12OS. The molecule has 0 heterocycles. The third-order valence-corrected chi connectivity index (χ3v) is 2.81. The molecule has 0 atom stereocenters. The van der Waals surface area contributed by atoms with E-state index in [1.54, 1.807) is 17.8 Å². The van der Waals surface area contributed by atoms with Gasteiger partial charge < -0.3 is 5.11 Å². The summed E-state index contributed by atoms with van der Waals surface area (Å²) in [5.41, 5.74) is 2.16. The van der Waals surface area contributed by atoms with E-state index in [4.69, 9.17) is 0 Å². The van der Waals surface area contributed by atoms with Crippen LogP contribution in [-0.4, -0.2) is 11.4 Å². The predicted molar refractivity (Wildman–Crippen MR) is 49.4 cm³/mol. The fourth-order valence-corrected chi connectivity index (χ4v) is 1.67. The summed E-state index contributed by atoms with van der Waals surface area (Å²) in [6.07, 6.45) is 2.04. The monoisotopic (exact) mass is 168 g/mol. The molecule has 0 unspecified atom stereocenters. The SMILES string of the molecule is CSc1ccc(O)c(C)c1C. The lowest BCUT2D eigenvalue weighted by Gasteiger charge is -2.06. The maximum Gasteiger partial charge on any atom is 0.118 e. The first-order valence-corrected chi connectivity index (χ1v) is 4.72. The fourth-order valence-electron chi connectivity index (χ4n) is 1.00. The molecule has 1 rings (SSSR count). The molecule has 1 aromatic rings. The zero-order valence-electron chi connectivity index (χ0n) is 7.01. The molecule has 0 aliphatic heterocycles. The van der Waals surface area contributed by atoms with E-state index in [9.17, 15) is 5.11 Å². The van der Waals surface area contributed by atoms with Crippen LogP contribution in [0.3, 0.4) is 0 Å². The van der Waals surface area contributed by atoms with Crippen molar-refractivity contribution in [2.24, 2.45) is 0 Å². The van der Waals surface area contributed by atoms with Gasteiger partial charge in [0.05, 0.1) is 0 Å². The van der Waals surface area contributed by atoms with Crippen LogP contribution in [0.1, 0.15) is 11.1 Å². The molecule has 0 amide bonds. The molecule has 0 aliphatic carbocycles. The van der Waals surface area contributed by atoms with E-state index >= 15 is 0 Å². The maximum atomic E-state index is 9.31. The van der Waals surface area contributed by atoms with Crippen molar-refractivity contribution < 1.29 is 5.11 Å². The second-order valence-corrected chi connectivity index (χ2v) is 3.39. The van der Waals surface area contributed by atoms with Crippen LogP contribution in [-0.2, 0) is 0 Å². The summed E-state index contributed by atoms with van der Waals surface area (Å²) in [6.45, 7) is 3.96. The summed E-state index contributed by atoms with van der Waals surface area (Å²) in [4.78, 5) is 1.24. The number of hydrogen-bond acceptors (Lipinski definition) is 2. The van der Waals surface area contributed by atoms with Crippen molar-refractivity contribution in [2.45, 2.75) is 18.7 Å². The number of phenols is 1. The standard InChI is InChI=1S/C9H12OS/c1-6-7(2)9(11-3)5-4-8(6)10/h4-5,10H,1-3H3. The Morgan fingerprint density at radius 2 is 1.82 bits per heavy atom. The summed E-state index contributed by atoms with van der Waals surface area (Å²) in [5.74, 6) is 0.389. The van der Waals surface area contributed by atoms with E-state index in [2.05, 4.69) is 0 Å². The average molecular weight is 168 g/mol. The first-order chi connectivity index (χ1) is 5.16. The van der Waals surface area contributed by atoms with E-state index in [1.165, 1.54) is 10.5 Å². The molecule has 1 N–H and O–H groups in total. The van der Waals surface area contributed by atoms with Crippen LogP contribution in [0.25, 0.3) is 0 Å². The highest BCUT2D eigenvalue weighted by Gasteiger charge is 2.02. The van der Waals surface area contributed by atoms with E-state index in [-0.39, 0.29) is 0 Å².